The minimum absolute atomic E-state index is 0.0571. The second kappa shape index (κ2) is 9.82. The Morgan fingerprint density at radius 1 is 1.10 bits per heavy atom. The van der Waals surface area contributed by atoms with Crippen LogP contribution in [0.2, 0.25) is 0 Å². The van der Waals surface area contributed by atoms with E-state index in [1.807, 2.05) is 30.3 Å². The molecule has 0 bridgehead atoms. The Morgan fingerprint density at radius 2 is 1.77 bits per heavy atom. The molecule has 2 aromatic carbocycles. The molecule has 0 saturated carbocycles. The van der Waals surface area contributed by atoms with Crippen molar-refractivity contribution in [2.75, 3.05) is 23.3 Å². The van der Waals surface area contributed by atoms with Gasteiger partial charge < -0.3 is 15.5 Å². The molecule has 0 radical (unpaired) electrons. The van der Waals surface area contributed by atoms with Gasteiger partial charge in [-0.3, -0.25) is 19.3 Å². The molecule has 1 heterocycles. The van der Waals surface area contributed by atoms with Gasteiger partial charge in [-0.2, -0.15) is 0 Å². The lowest BCUT2D eigenvalue weighted by atomic mass is 10.1. The number of nitrogens with zero attached hydrogens (tertiary/aromatic N) is 2. The molecule has 30 heavy (non-hydrogen) atoms. The fourth-order valence-corrected chi connectivity index (χ4v) is 3.85. The van der Waals surface area contributed by atoms with Crippen molar-refractivity contribution in [2.45, 2.75) is 19.4 Å². The number of amides is 3. The van der Waals surface area contributed by atoms with Crippen LogP contribution in [-0.2, 0) is 14.4 Å². The molecule has 2 aromatic rings. The molecule has 1 atom stereocenters. The summed E-state index contributed by atoms with van der Waals surface area (Å²) in [4.78, 5) is 40.2. The SMILES string of the molecule is CC(=O)NCCN1C(=S)N(c2ccccc2)C(=O)[C@H]1CC(=O)Nc1ccc(Br)cc1. The lowest BCUT2D eigenvalue weighted by Gasteiger charge is -2.23. The summed E-state index contributed by atoms with van der Waals surface area (Å²) < 4.78 is 0.902. The molecule has 1 aliphatic rings. The number of para-hydroxylation sites is 1. The topological polar surface area (TPSA) is 81.8 Å². The van der Waals surface area contributed by atoms with Crippen LogP contribution in [0.15, 0.2) is 59.1 Å². The van der Waals surface area contributed by atoms with Crippen LogP contribution in [0.5, 0.6) is 0 Å². The van der Waals surface area contributed by atoms with Crippen LogP contribution in [0.3, 0.4) is 0 Å². The summed E-state index contributed by atoms with van der Waals surface area (Å²) in [6, 6.07) is 15.5. The maximum atomic E-state index is 13.2. The normalized spacial score (nSPS) is 16.0. The lowest BCUT2D eigenvalue weighted by Crippen LogP contribution is -2.42. The van der Waals surface area contributed by atoms with Crippen LogP contribution >= 0.6 is 28.1 Å². The quantitative estimate of drug-likeness (QED) is 0.585. The molecule has 3 rings (SSSR count). The van der Waals surface area contributed by atoms with E-state index < -0.39 is 6.04 Å². The summed E-state index contributed by atoms with van der Waals surface area (Å²) in [5.74, 6) is -0.728. The van der Waals surface area contributed by atoms with Crippen molar-refractivity contribution in [3.8, 4) is 0 Å². The molecule has 9 heteroatoms. The van der Waals surface area contributed by atoms with Gasteiger partial charge in [0.2, 0.25) is 11.8 Å². The van der Waals surface area contributed by atoms with Crippen LogP contribution in [-0.4, -0.2) is 46.9 Å². The highest BCUT2D eigenvalue weighted by Gasteiger charge is 2.43. The van der Waals surface area contributed by atoms with Crippen LogP contribution in [0.4, 0.5) is 11.4 Å². The number of benzene rings is 2. The number of hydrogen-bond acceptors (Lipinski definition) is 4. The Bertz CT molecular complexity index is 952. The van der Waals surface area contributed by atoms with Crippen molar-refractivity contribution in [1.82, 2.24) is 10.2 Å². The second-order valence-electron chi connectivity index (χ2n) is 6.74. The molecule has 1 aliphatic heterocycles. The molecule has 1 fully saturated rings. The Hall–Kier alpha value is -2.78. The first-order valence-corrected chi connectivity index (χ1v) is 10.6. The molecular weight excluding hydrogens is 468 g/mol. The second-order valence-corrected chi connectivity index (χ2v) is 8.02. The van der Waals surface area contributed by atoms with Crippen molar-refractivity contribution in [2.24, 2.45) is 0 Å². The Labute approximate surface area is 188 Å². The molecule has 0 aromatic heterocycles. The molecule has 1 saturated heterocycles. The predicted octanol–water partition coefficient (Wildman–Crippen LogP) is 2.92. The number of carbonyl (C=O) groups excluding carboxylic acids is 3. The van der Waals surface area contributed by atoms with Crippen molar-refractivity contribution in [1.29, 1.82) is 0 Å². The van der Waals surface area contributed by atoms with Crippen molar-refractivity contribution < 1.29 is 14.4 Å². The first-order chi connectivity index (χ1) is 14.4. The highest BCUT2D eigenvalue weighted by molar-refractivity contribution is 9.10. The molecule has 0 unspecified atom stereocenters. The standard InChI is InChI=1S/C21H21BrN4O3S/c1-14(27)23-11-12-25-18(13-19(28)24-16-9-7-15(22)8-10-16)20(29)26(21(25)30)17-5-3-2-4-6-17/h2-10,18H,11-13H2,1H3,(H,23,27)(H,24,28)/t18-/m1/s1. The van der Waals surface area contributed by atoms with Gasteiger partial charge in [-0.1, -0.05) is 34.1 Å². The highest BCUT2D eigenvalue weighted by atomic mass is 79.9. The molecule has 2 N–H and O–H groups in total. The van der Waals surface area contributed by atoms with Gasteiger partial charge in [0.25, 0.3) is 5.91 Å². The molecule has 0 aliphatic carbocycles. The monoisotopic (exact) mass is 488 g/mol. The molecule has 156 valence electrons. The summed E-state index contributed by atoms with van der Waals surface area (Å²) >= 11 is 8.91. The smallest absolute Gasteiger partial charge is 0.256 e. The van der Waals surface area contributed by atoms with E-state index in [0.29, 0.717) is 29.6 Å². The third-order valence-corrected chi connectivity index (χ3v) is 5.51. The van der Waals surface area contributed by atoms with Crippen LogP contribution < -0.4 is 15.5 Å². The van der Waals surface area contributed by atoms with E-state index in [-0.39, 0.29) is 24.1 Å². The minimum Gasteiger partial charge on any atom is -0.355 e. The zero-order valence-corrected chi connectivity index (χ0v) is 18.7. The van der Waals surface area contributed by atoms with E-state index in [2.05, 4.69) is 26.6 Å². The first kappa shape index (κ1) is 21.9. The van der Waals surface area contributed by atoms with Gasteiger partial charge in [0.15, 0.2) is 5.11 Å². The fraction of sp³-hybridized carbons (Fsp3) is 0.238. The Balaban J connectivity index is 1.77. The molecule has 0 spiro atoms. The van der Waals surface area contributed by atoms with Gasteiger partial charge in [-0.25, -0.2) is 0 Å². The highest BCUT2D eigenvalue weighted by Crippen LogP contribution is 2.27. The van der Waals surface area contributed by atoms with Gasteiger partial charge >= 0.3 is 0 Å². The van der Waals surface area contributed by atoms with Crippen molar-refractivity contribution >= 4 is 62.4 Å². The summed E-state index contributed by atoms with van der Waals surface area (Å²) in [6.45, 7) is 2.06. The predicted molar refractivity (Wildman–Crippen MR) is 123 cm³/mol. The third-order valence-electron chi connectivity index (χ3n) is 4.57. The largest absolute Gasteiger partial charge is 0.355 e. The third kappa shape index (κ3) is 5.22. The van der Waals surface area contributed by atoms with Crippen molar-refractivity contribution in [3.63, 3.8) is 0 Å². The fourth-order valence-electron chi connectivity index (χ4n) is 3.18. The van der Waals surface area contributed by atoms with Gasteiger partial charge in [0.1, 0.15) is 6.04 Å². The number of thiocarbonyl (C=S) groups is 1. The number of carbonyl (C=O) groups is 3. The summed E-state index contributed by atoms with van der Waals surface area (Å²) in [6.07, 6.45) is -0.0571. The zero-order valence-electron chi connectivity index (χ0n) is 16.3. The summed E-state index contributed by atoms with van der Waals surface area (Å²) in [5.41, 5.74) is 1.29. The first-order valence-electron chi connectivity index (χ1n) is 9.36. The van der Waals surface area contributed by atoms with Gasteiger partial charge in [0, 0.05) is 30.2 Å². The lowest BCUT2D eigenvalue weighted by molar-refractivity contribution is -0.124. The van der Waals surface area contributed by atoms with Crippen molar-refractivity contribution in [3.05, 3.63) is 59.1 Å². The summed E-state index contributed by atoms with van der Waals surface area (Å²) in [7, 11) is 0. The Morgan fingerprint density at radius 3 is 2.40 bits per heavy atom. The van der Waals surface area contributed by atoms with Crippen LogP contribution in [0.25, 0.3) is 0 Å². The molecular formula is C21H21BrN4O3S. The van der Waals surface area contributed by atoms with E-state index in [9.17, 15) is 14.4 Å². The van der Waals surface area contributed by atoms with E-state index in [0.717, 1.165) is 4.47 Å². The number of nitrogens with one attached hydrogen (secondary N) is 2. The van der Waals surface area contributed by atoms with Gasteiger partial charge in [-0.15, -0.1) is 0 Å². The average Bonchev–Trinajstić information content (AvgIpc) is 2.94. The zero-order chi connectivity index (χ0) is 21.7. The molecule has 3 amide bonds. The Kier molecular flexibility index (Phi) is 7.17. The maximum Gasteiger partial charge on any atom is 0.256 e. The number of hydrogen-bond donors (Lipinski definition) is 2. The van der Waals surface area contributed by atoms with E-state index in [1.54, 1.807) is 29.2 Å². The van der Waals surface area contributed by atoms with Crippen LogP contribution in [0, 0.1) is 0 Å². The van der Waals surface area contributed by atoms with E-state index in [4.69, 9.17) is 12.2 Å². The minimum atomic E-state index is -0.748. The molecule has 7 nitrogen and oxygen atoms in total. The van der Waals surface area contributed by atoms with Crippen LogP contribution in [0.1, 0.15) is 13.3 Å². The number of halogens is 1. The van der Waals surface area contributed by atoms with Gasteiger partial charge in [0.05, 0.1) is 12.1 Å². The van der Waals surface area contributed by atoms with Gasteiger partial charge in [-0.05, 0) is 48.6 Å². The van der Waals surface area contributed by atoms with E-state index in [1.165, 1.54) is 11.8 Å². The van der Waals surface area contributed by atoms with E-state index >= 15 is 0 Å². The number of rotatable bonds is 7. The maximum absolute atomic E-state index is 13.2. The average molecular weight is 489 g/mol. The number of anilines is 2. The summed E-state index contributed by atoms with van der Waals surface area (Å²) in [5, 5.41) is 5.83.